The first-order chi connectivity index (χ1) is 10.2. The minimum atomic E-state index is -0.398. The van der Waals surface area contributed by atoms with Gasteiger partial charge in [0.25, 0.3) is 5.91 Å². The van der Waals surface area contributed by atoms with Crippen molar-refractivity contribution in [1.29, 1.82) is 0 Å². The number of carbonyl (C=O) groups is 1. The second-order valence-electron chi connectivity index (χ2n) is 4.17. The summed E-state index contributed by atoms with van der Waals surface area (Å²) < 4.78 is 6.29. The average Bonchev–Trinajstić information content (AvgIpc) is 2.99. The fourth-order valence-electron chi connectivity index (χ4n) is 1.72. The third kappa shape index (κ3) is 4.80. The van der Waals surface area contributed by atoms with Gasteiger partial charge >= 0.3 is 0 Å². The number of hydrogen-bond donors (Lipinski definition) is 1. The summed E-state index contributed by atoms with van der Waals surface area (Å²) in [5.41, 5.74) is 2.47. The van der Waals surface area contributed by atoms with E-state index in [1.165, 1.54) is 11.3 Å². The second-order valence-corrected chi connectivity index (χ2v) is 6.33. The van der Waals surface area contributed by atoms with E-state index >= 15 is 0 Å². The first-order valence-electron chi connectivity index (χ1n) is 6.69. The van der Waals surface area contributed by atoms with Crippen LogP contribution in [0.3, 0.4) is 0 Å². The maximum absolute atomic E-state index is 12.0. The third-order valence-corrected chi connectivity index (χ3v) is 4.48. The second kappa shape index (κ2) is 8.11. The Kier molecular flexibility index (Phi) is 6.16. The van der Waals surface area contributed by atoms with Crippen LogP contribution in [-0.4, -0.2) is 28.8 Å². The molecule has 7 heteroatoms. The molecule has 0 spiro atoms. The molecule has 0 radical (unpaired) electrons. The van der Waals surface area contributed by atoms with Crippen LogP contribution < -0.4 is 5.32 Å². The molecule has 0 aliphatic carbocycles. The van der Waals surface area contributed by atoms with Crippen LogP contribution in [0.5, 0.6) is 0 Å². The number of carbonyl (C=O) groups excluding carboxylic acids is 1. The first kappa shape index (κ1) is 15.9. The Morgan fingerprint density at radius 3 is 2.71 bits per heavy atom. The fraction of sp³-hybridized carbons (Fsp3) is 0.357. The molecule has 2 rings (SSSR count). The van der Waals surface area contributed by atoms with E-state index < -0.39 is 6.10 Å². The van der Waals surface area contributed by atoms with Gasteiger partial charge in [-0.15, -0.1) is 10.2 Å². The monoisotopic (exact) mass is 323 g/mol. The molecular weight excluding hydrogens is 306 g/mol. The number of anilines is 1. The molecule has 0 bridgehead atoms. The highest BCUT2D eigenvalue weighted by Crippen LogP contribution is 2.29. The van der Waals surface area contributed by atoms with Crippen molar-refractivity contribution in [1.82, 2.24) is 10.2 Å². The predicted molar refractivity (Wildman–Crippen MR) is 84.8 cm³/mol. The van der Waals surface area contributed by atoms with Crippen LogP contribution in [0.4, 0.5) is 5.69 Å². The average molecular weight is 323 g/mol. The minimum absolute atomic E-state index is 0.108. The van der Waals surface area contributed by atoms with E-state index in [1.807, 2.05) is 38.1 Å². The summed E-state index contributed by atoms with van der Waals surface area (Å²) >= 11 is 3.05. The van der Waals surface area contributed by atoms with Crippen molar-refractivity contribution in [2.75, 3.05) is 11.9 Å². The molecule has 0 aliphatic heterocycles. The van der Waals surface area contributed by atoms with Crippen molar-refractivity contribution in [3.8, 4) is 0 Å². The molecule has 1 amide bonds. The normalized spacial score (nSPS) is 12.1. The van der Waals surface area contributed by atoms with Crippen molar-refractivity contribution in [3.05, 3.63) is 29.8 Å². The fourth-order valence-corrected chi connectivity index (χ4v) is 3.17. The molecule has 0 fully saturated rings. The van der Waals surface area contributed by atoms with Crippen LogP contribution in [0.15, 0.2) is 39.0 Å². The van der Waals surface area contributed by atoms with Crippen LogP contribution in [0.1, 0.15) is 20.3 Å². The van der Waals surface area contributed by atoms with Crippen molar-refractivity contribution in [2.45, 2.75) is 35.6 Å². The molecule has 1 heterocycles. The van der Waals surface area contributed by atoms with Crippen LogP contribution >= 0.6 is 23.1 Å². The number of nitrogens with one attached hydrogen (secondary N) is 1. The van der Waals surface area contributed by atoms with Gasteiger partial charge in [0.15, 0.2) is 4.34 Å². The third-order valence-electron chi connectivity index (χ3n) is 2.70. The highest BCUT2D eigenvalue weighted by atomic mass is 32.2. The van der Waals surface area contributed by atoms with Crippen LogP contribution in [0.2, 0.25) is 0 Å². The maximum Gasteiger partial charge on any atom is 0.253 e. The van der Waals surface area contributed by atoms with E-state index in [0.717, 1.165) is 14.9 Å². The molecule has 21 heavy (non-hydrogen) atoms. The van der Waals surface area contributed by atoms with Gasteiger partial charge in [0.1, 0.15) is 11.6 Å². The number of aromatic nitrogens is 2. The molecule has 1 aromatic carbocycles. The van der Waals surface area contributed by atoms with Gasteiger partial charge in [-0.2, -0.15) is 0 Å². The van der Waals surface area contributed by atoms with E-state index in [-0.39, 0.29) is 5.91 Å². The van der Waals surface area contributed by atoms with Gasteiger partial charge < -0.3 is 10.1 Å². The van der Waals surface area contributed by atoms with Gasteiger partial charge in [-0.05, 0) is 37.6 Å². The van der Waals surface area contributed by atoms with E-state index in [0.29, 0.717) is 13.0 Å². The molecule has 1 aromatic heterocycles. The molecule has 1 N–H and O–H groups in total. The lowest BCUT2D eigenvalue weighted by Crippen LogP contribution is -2.29. The van der Waals surface area contributed by atoms with Gasteiger partial charge in [0.2, 0.25) is 0 Å². The lowest BCUT2D eigenvalue weighted by molar-refractivity contribution is -0.127. The van der Waals surface area contributed by atoms with Crippen LogP contribution in [0, 0.1) is 0 Å². The molecular formula is C14H17N3O2S2. The molecule has 5 nitrogen and oxygen atoms in total. The zero-order chi connectivity index (χ0) is 15.1. The van der Waals surface area contributed by atoms with Gasteiger partial charge in [0, 0.05) is 17.2 Å². The molecule has 0 saturated heterocycles. The number of ether oxygens (including phenoxy) is 1. The van der Waals surface area contributed by atoms with Crippen molar-refractivity contribution in [3.63, 3.8) is 0 Å². The molecule has 0 saturated carbocycles. The molecule has 112 valence electrons. The Labute approximate surface area is 132 Å². The van der Waals surface area contributed by atoms with E-state index in [2.05, 4.69) is 15.5 Å². The molecule has 0 unspecified atom stereocenters. The summed E-state index contributed by atoms with van der Waals surface area (Å²) in [7, 11) is 0. The zero-order valence-corrected chi connectivity index (χ0v) is 13.5. The number of hydrogen-bond acceptors (Lipinski definition) is 6. The topological polar surface area (TPSA) is 64.1 Å². The Morgan fingerprint density at radius 1 is 1.38 bits per heavy atom. The predicted octanol–water partition coefficient (Wildman–Crippen LogP) is 3.44. The van der Waals surface area contributed by atoms with Gasteiger partial charge in [-0.25, -0.2) is 0 Å². The van der Waals surface area contributed by atoms with Crippen molar-refractivity contribution < 1.29 is 9.53 Å². The standard InChI is InChI=1S/C14H17N3O2S2/c1-3-12(19-4-2)13(18)16-10-5-7-11(8-6-10)21-14-17-15-9-20-14/h5-9,12H,3-4H2,1-2H3,(H,16,18)/t12-/m1/s1. The van der Waals surface area contributed by atoms with Gasteiger partial charge in [-0.1, -0.05) is 30.0 Å². The lowest BCUT2D eigenvalue weighted by atomic mass is 10.2. The Balaban J connectivity index is 1.94. The SMILES string of the molecule is CCO[C@H](CC)C(=O)Nc1ccc(Sc2nncs2)cc1. The molecule has 0 aliphatic rings. The Morgan fingerprint density at radius 2 is 2.14 bits per heavy atom. The number of benzene rings is 1. The number of amides is 1. The van der Waals surface area contributed by atoms with Crippen molar-refractivity contribution >= 4 is 34.7 Å². The first-order valence-corrected chi connectivity index (χ1v) is 8.39. The van der Waals surface area contributed by atoms with Gasteiger partial charge in [-0.3, -0.25) is 4.79 Å². The molecule has 1 atom stereocenters. The van der Waals surface area contributed by atoms with E-state index in [1.54, 1.807) is 17.3 Å². The zero-order valence-electron chi connectivity index (χ0n) is 11.9. The summed E-state index contributed by atoms with van der Waals surface area (Å²) in [6.07, 6.45) is 0.260. The largest absolute Gasteiger partial charge is 0.369 e. The van der Waals surface area contributed by atoms with Gasteiger partial charge in [0.05, 0.1) is 0 Å². The van der Waals surface area contributed by atoms with Crippen LogP contribution in [0.25, 0.3) is 0 Å². The number of rotatable bonds is 7. The smallest absolute Gasteiger partial charge is 0.253 e. The summed E-state index contributed by atoms with van der Waals surface area (Å²) in [5, 5.41) is 10.6. The van der Waals surface area contributed by atoms with Crippen molar-refractivity contribution in [2.24, 2.45) is 0 Å². The lowest BCUT2D eigenvalue weighted by Gasteiger charge is -2.14. The summed E-state index contributed by atoms with van der Waals surface area (Å²) in [6.45, 7) is 4.35. The Bertz CT molecular complexity index is 558. The molecule has 2 aromatic rings. The summed E-state index contributed by atoms with van der Waals surface area (Å²) in [4.78, 5) is 13.1. The minimum Gasteiger partial charge on any atom is -0.369 e. The van der Waals surface area contributed by atoms with Crippen LogP contribution in [-0.2, 0) is 9.53 Å². The van der Waals surface area contributed by atoms with E-state index in [9.17, 15) is 4.79 Å². The maximum atomic E-state index is 12.0. The Hall–Kier alpha value is -1.44. The highest BCUT2D eigenvalue weighted by molar-refractivity contribution is 8.01. The summed E-state index contributed by atoms with van der Waals surface area (Å²) in [6, 6.07) is 7.65. The summed E-state index contributed by atoms with van der Waals surface area (Å²) in [5.74, 6) is -0.108. The quantitative estimate of drug-likeness (QED) is 0.845. The van der Waals surface area contributed by atoms with E-state index in [4.69, 9.17) is 4.74 Å². The highest BCUT2D eigenvalue weighted by Gasteiger charge is 2.16. The number of nitrogens with zero attached hydrogens (tertiary/aromatic N) is 2.